The Morgan fingerprint density at radius 1 is 0.786 bits per heavy atom. The molecule has 154 valence electrons. The fourth-order valence-electron chi connectivity index (χ4n) is 2.06. The van der Waals surface area contributed by atoms with E-state index in [0.29, 0.717) is 11.1 Å². The zero-order valence-corrected chi connectivity index (χ0v) is 15.1. The topological polar surface area (TPSA) is 97.7 Å². The lowest BCUT2D eigenvalue weighted by molar-refractivity contribution is -0.237. The molecule has 2 rings (SSSR count). The highest BCUT2D eigenvalue weighted by Crippen LogP contribution is 2.39. The van der Waals surface area contributed by atoms with E-state index in [9.17, 15) is 38.8 Å². The second-order valence-electron chi connectivity index (χ2n) is 5.40. The first kappa shape index (κ1) is 22.2. The fraction of sp³-hybridized carbons (Fsp3) is 0.200. The molecule has 0 saturated heterocycles. The molecule has 28 heavy (non-hydrogen) atoms. The van der Waals surface area contributed by atoms with Gasteiger partial charge in [0.05, 0.1) is 4.90 Å². The maximum atomic E-state index is 13.5. The number of benzene rings is 2. The molecular weight excluding hydrogens is 435 g/mol. The van der Waals surface area contributed by atoms with Crippen LogP contribution in [0.25, 0.3) is 11.1 Å². The van der Waals surface area contributed by atoms with Crippen molar-refractivity contribution in [3.63, 3.8) is 0 Å². The Labute approximate surface area is 156 Å². The molecule has 1 N–H and O–H groups in total. The Balaban J connectivity index is 2.40. The summed E-state index contributed by atoms with van der Waals surface area (Å²) in [5.74, 6) is 0. The lowest BCUT2D eigenvalue weighted by Gasteiger charge is -2.25. The van der Waals surface area contributed by atoms with Crippen LogP contribution in [0, 0.1) is 0 Å². The summed E-state index contributed by atoms with van der Waals surface area (Å²) in [6.45, 7) is 0. The zero-order chi connectivity index (χ0) is 21.4. The standard InChI is InChI=1S/C15H11F5O6S2/c16-14(17,18)13(15(19,20)28(23,24)25)26-27(21,22)12-8-6-11(7-9-12)10-4-2-1-3-5-10/h1-9,13H,(H,23,24,25). The summed E-state index contributed by atoms with van der Waals surface area (Å²) in [6.07, 6.45) is -10.8. The average molecular weight is 446 g/mol. The molecule has 0 amide bonds. The highest BCUT2D eigenvalue weighted by molar-refractivity contribution is 7.87. The smallest absolute Gasteiger partial charge is 0.281 e. The van der Waals surface area contributed by atoms with Gasteiger partial charge in [-0.3, -0.25) is 4.55 Å². The molecule has 0 bridgehead atoms. The van der Waals surface area contributed by atoms with Gasteiger partial charge in [0.25, 0.3) is 16.2 Å². The zero-order valence-electron chi connectivity index (χ0n) is 13.5. The second-order valence-corrected chi connectivity index (χ2v) is 8.47. The molecule has 0 aliphatic carbocycles. The van der Waals surface area contributed by atoms with Crippen molar-refractivity contribution < 1.29 is 47.5 Å². The maximum absolute atomic E-state index is 13.5. The summed E-state index contributed by atoms with van der Waals surface area (Å²) in [7, 11) is -12.1. The molecule has 6 nitrogen and oxygen atoms in total. The molecule has 0 spiro atoms. The molecule has 1 unspecified atom stereocenters. The van der Waals surface area contributed by atoms with E-state index in [1.807, 2.05) is 0 Å². The van der Waals surface area contributed by atoms with E-state index in [1.54, 1.807) is 30.3 Å². The monoisotopic (exact) mass is 446 g/mol. The minimum atomic E-state index is -6.62. The van der Waals surface area contributed by atoms with E-state index in [0.717, 1.165) is 12.1 Å². The molecule has 2 aromatic carbocycles. The van der Waals surface area contributed by atoms with Gasteiger partial charge in [-0.1, -0.05) is 42.5 Å². The van der Waals surface area contributed by atoms with Crippen molar-refractivity contribution >= 4 is 20.2 Å². The van der Waals surface area contributed by atoms with Crippen molar-refractivity contribution in [2.24, 2.45) is 0 Å². The summed E-state index contributed by atoms with van der Waals surface area (Å²) in [5.41, 5.74) is 1.11. The quantitative estimate of drug-likeness (QED) is 0.415. The van der Waals surface area contributed by atoms with Gasteiger partial charge in [-0.15, -0.1) is 0 Å². The Morgan fingerprint density at radius 2 is 1.25 bits per heavy atom. The minimum Gasteiger partial charge on any atom is -0.281 e. The second kappa shape index (κ2) is 7.39. The summed E-state index contributed by atoms with van der Waals surface area (Å²) in [5, 5.41) is -5.96. The molecule has 0 aromatic heterocycles. The molecule has 13 heteroatoms. The molecule has 0 heterocycles. The van der Waals surface area contributed by atoms with Crippen molar-refractivity contribution in [2.45, 2.75) is 22.4 Å². The Morgan fingerprint density at radius 3 is 1.68 bits per heavy atom. The highest BCUT2D eigenvalue weighted by Gasteiger charge is 2.66. The number of alkyl halides is 5. The highest BCUT2D eigenvalue weighted by atomic mass is 32.2. The fourth-order valence-corrected chi connectivity index (χ4v) is 3.64. The lowest BCUT2D eigenvalue weighted by Crippen LogP contribution is -2.52. The van der Waals surface area contributed by atoms with Crippen molar-refractivity contribution in [2.75, 3.05) is 0 Å². The third-order valence-corrected chi connectivity index (χ3v) is 5.62. The van der Waals surface area contributed by atoms with Gasteiger partial charge in [0.1, 0.15) is 0 Å². The lowest BCUT2D eigenvalue weighted by atomic mass is 10.1. The number of hydrogen-bond acceptors (Lipinski definition) is 5. The first-order valence-electron chi connectivity index (χ1n) is 7.16. The van der Waals surface area contributed by atoms with Crippen LogP contribution in [0.15, 0.2) is 59.5 Å². The van der Waals surface area contributed by atoms with Gasteiger partial charge in [0.15, 0.2) is 0 Å². The predicted octanol–water partition coefficient (Wildman–Crippen LogP) is 3.47. The molecule has 0 aliphatic rings. The maximum Gasteiger partial charge on any atom is 0.423 e. The van der Waals surface area contributed by atoms with Crippen LogP contribution in [-0.4, -0.2) is 38.9 Å². The molecule has 0 radical (unpaired) electrons. The van der Waals surface area contributed by atoms with Crippen LogP contribution >= 0.6 is 0 Å². The van der Waals surface area contributed by atoms with Gasteiger partial charge in [-0.2, -0.15) is 38.8 Å². The SMILES string of the molecule is O=S(=O)(OC(C(F)(F)F)C(F)(F)S(=O)(=O)O)c1ccc(-c2ccccc2)cc1. The third-order valence-electron chi connectivity index (χ3n) is 3.42. The van der Waals surface area contributed by atoms with Gasteiger partial charge in [0, 0.05) is 0 Å². The van der Waals surface area contributed by atoms with Gasteiger partial charge in [-0.05, 0) is 23.3 Å². The van der Waals surface area contributed by atoms with Gasteiger partial charge >= 0.3 is 21.5 Å². The number of hydrogen-bond donors (Lipinski definition) is 1. The van der Waals surface area contributed by atoms with Crippen LogP contribution in [0.4, 0.5) is 22.0 Å². The minimum absolute atomic E-state index is 0.468. The van der Waals surface area contributed by atoms with E-state index in [1.165, 1.54) is 12.1 Å². The van der Waals surface area contributed by atoms with E-state index in [4.69, 9.17) is 4.55 Å². The van der Waals surface area contributed by atoms with E-state index in [-0.39, 0.29) is 0 Å². The first-order chi connectivity index (χ1) is 12.7. The van der Waals surface area contributed by atoms with Crippen LogP contribution in [0.5, 0.6) is 0 Å². The summed E-state index contributed by atoms with van der Waals surface area (Å²) in [6, 6.07) is 12.4. The van der Waals surface area contributed by atoms with E-state index >= 15 is 0 Å². The van der Waals surface area contributed by atoms with Crippen molar-refractivity contribution in [3.8, 4) is 11.1 Å². The Hall–Kier alpha value is -2.09. The van der Waals surface area contributed by atoms with Crippen LogP contribution in [0.3, 0.4) is 0 Å². The third kappa shape index (κ3) is 4.66. The van der Waals surface area contributed by atoms with Crippen molar-refractivity contribution in [1.82, 2.24) is 0 Å². The normalized spacial score (nSPS) is 14.6. The summed E-state index contributed by atoms with van der Waals surface area (Å²) >= 11 is 0. The number of rotatable bonds is 6. The van der Waals surface area contributed by atoms with Crippen LogP contribution in [0.2, 0.25) is 0 Å². The van der Waals surface area contributed by atoms with Crippen molar-refractivity contribution in [3.05, 3.63) is 54.6 Å². The van der Waals surface area contributed by atoms with Crippen LogP contribution in [-0.2, 0) is 24.4 Å². The molecule has 1 atom stereocenters. The van der Waals surface area contributed by atoms with Crippen LogP contribution in [0.1, 0.15) is 0 Å². The number of halogens is 5. The van der Waals surface area contributed by atoms with E-state index < -0.39 is 42.7 Å². The molecule has 2 aromatic rings. The van der Waals surface area contributed by atoms with Crippen LogP contribution < -0.4 is 0 Å². The van der Waals surface area contributed by atoms with Gasteiger partial charge in [0.2, 0.25) is 0 Å². The molecule has 0 saturated carbocycles. The van der Waals surface area contributed by atoms with E-state index in [2.05, 4.69) is 4.18 Å². The predicted molar refractivity (Wildman–Crippen MR) is 86.5 cm³/mol. The largest absolute Gasteiger partial charge is 0.423 e. The van der Waals surface area contributed by atoms with Crippen molar-refractivity contribution in [1.29, 1.82) is 0 Å². The Kier molecular flexibility index (Phi) is 5.86. The molecule has 0 fully saturated rings. The van der Waals surface area contributed by atoms with Gasteiger partial charge in [-0.25, -0.2) is 4.18 Å². The molecular formula is C15H11F5O6S2. The first-order valence-corrected chi connectivity index (χ1v) is 10.0. The van der Waals surface area contributed by atoms with Gasteiger partial charge < -0.3 is 0 Å². The summed E-state index contributed by atoms with van der Waals surface area (Å²) in [4.78, 5) is -0.924. The average Bonchev–Trinajstić information content (AvgIpc) is 2.58. The molecule has 0 aliphatic heterocycles. The summed E-state index contributed by atoms with van der Waals surface area (Å²) < 4.78 is 122. The Bertz CT molecular complexity index is 1030.